The van der Waals surface area contributed by atoms with E-state index in [1.165, 1.54) is 26.2 Å². The molecule has 0 unspecified atom stereocenters. The Kier molecular flexibility index (Phi) is 6.21. The fourth-order valence-corrected chi connectivity index (χ4v) is 4.76. The van der Waals surface area contributed by atoms with Crippen LogP contribution in [0.4, 0.5) is 11.5 Å². The van der Waals surface area contributed by atoms with Crippen molar-refractivity contribution in [2.24, 2.45) is 5.92 Å². The Labute approximate surface area is 178 Å². The van der Waals surface area contributed by atoms with E-state index < -0.39 is 0 Å². The van der Waals surface area contributed by atoms with Gasteiger partial charge in [0.2, 0.25) is 11.8 Å². The highest BCUT2D eigenvalue weighted by atomic mass is 16.2. The van der Waals surface area contributed by atoms with Crippen molar-refractivity contribution in [1.29, 1.82) is 0 Å². The Morgan fingerprint density at radius 2 is 1.77 bits per heavy atom. The smallest absolute Gasteiger partial charge is 0.223 e. The quantitative estimate of drug-likeness (QED) is 0.796. The summed E-state index contributed by atoms with van der Waals surface area (Å²) in [6, 6.07) is 8.33. The lowest BCUT2D eigenvalue weighted by Gasteiger charge is -2.33. The zero-order valence-electron chi connectivity index (χ0n) is 18.0. The lowest BCUT2D eigenvalue weighted by molar-refractivity contribution is -0.126. The van der Waals surface area contributed by atoms with Crippen LogP contribution < -0.4 is 15.5 Å². The van der Waals surface area contributed by atoms with Gasteiger partial charge < -0.3 is 15.5 Å². The predicted octanol–water partition coefficient (Wildman–Crippen LogP) is 4.17. The number of amides is 2. The number of nitrogens with one attached hydrogen (secondary N) is 2. The van der Waals surface area contributed by atoms with E-state index in [2.05, 4.69) is 28.5 Å². The Morgan fingerprint density at radius 1 is 1.03 bits per heavy atom. The second kappa shape index (κ2) is 9.02. The zero-order valence-corrected chi connectivity index (χ0v) is 18.0. The summed E-state index contributed by atoms with van der Waals surface area (Å²) >= 11 is 0. The fraction of sp³-hybridized carbons (Fsp3) is 0.542. The monoisotopic (exact) mass is 408 g/mol. The Bertz CT molecular complexity index is 928. The van der Waals surface area contributed by atoms with Crippen molar-refractivity contribution in [1.82, 2.24) is 10.3 Å². The first-order valence-corrected chi connectivity index (χ1v) is 11.2. The average Bonchev–Trinajstić information content (AvgIpc) is 2.74. The highest BCUT2D eigenvalue weighted by Crippen LogP contribution is 2.28. The number of aromatic nitrogens is 1. The molecule has 6 heteroatoms. The van der Waals surface area contributed by atoms with Gasteiger partial charge in [-0.15, -0.1) is 0 Å². The number of hydrogen-bond donors (Lipinski definition) is 2. The lowest BCUT2D eigenvalue weighted by atomic mass is 9.92. The van der Waals surface area contributed by atoms with Crippen LogP contribution in [0.3, 0.4) is 0 Å². The van der Waals surface area contributed by atoms with Crippen LogP contribution in [0.1, 0.15) is 57.4 Å². The number of piperidine rings is 1. The normalized spacial score (nSPS) is 18.4. The number of hydrogen-bond acceptors (Lipinski definition) is 4. The molecule has 2 heterocycles. The van der Waals surface area contributed by atoms with Gasteiger partial charge in [0, 0.05) is 43.0 Å². The Hall–Kier alpha value is -2.63. The largest absolute Gasteiger partial charge is 0.357 e. The molecule has 1 saturated heterocycles. The lowest BCUT2D eigenvalue weighted by Crippen LogP contribution is -2.44. The van der Waals surface area contributed by atoms with Crippen molar-refractivity contribution >= 4 is 34.2 Å². The molecule has 6 nitrogen and oxygen atoms in total. The first-order valence-electron chi connectivity index (χ1n) is 11.2. The van der Waals surface area contributed by atoms with Gasteiger partial charge in [-0.25, -0.2) is 4.98 Å². The molecule has 0 radical (unpaired) electrons. The van der Waals surface area contributed by atoms with E-state index in [0.717, 1.165) is 66.7 Å². The fourth-order valence-electron chi connectivity index (χ4n) is 4.76. The second-order valence-corrected chi connectivity index (χ2v) is 8.82. The van der Waals surface area contributed by atoms with Crippen molar-refractivity contribution < 1.29 is 9.59 Å². The van der Waals surface area contributed by atoms with E-state index in [0.29, 0.717) is 6.04 Å². The minimum atomic E-state index is -0.0769. The third kappa shape index (κ3) is 4.74. The maximum atomic E-state index is 12.7. The summed E-state index contributed by atoms with van der Waals surface area (Å²) in [5, 5.41) is 7.17. The number of nitrogens with zero attached hydrogens (tertiary/aromatic N) is 2. The van der Waals surface area contributed by atoms with Gasteiger partial charge in [-0.3, -0.25) is 9.59 Å². The van der Waals surface area contributed by atoms with E-state index in [1.54, 1.807) is 0 Å². The van der Waals surface area contributed by atoms with Crippen molar-refractivity contribution in [2.75, 3.05) is 23.3 Å². The van der Waals surface area contributed by atoms with Crippen LogP contribution >= 0.6 is 0 Å². The number of pyridine rings is 1. The van der Waals surface area contributed by atoms with Gasteiger partial charge in [0.1, 0.15) is 5.82 Å². The predicted molar refractivity (Wildman–Crippen MR) is 121 cm³/mol. The molecular formula is C24H32N4O2. The van der Waals surface area contributed by atoms with E-state index in [-0.39, 0.29) is 17.7 Å². The van der Waals surface area contributed by atoms with E-state index in [4.69, 9.17) is 4.98 Å². The van der Waals surface area contributed by atoms with Crippen molar-refractivity contribution in [3.8, 4) is 0 Å². The maximum Gasteiger partial charge on any atom is 0.223 e. The molecule has 0 bridgehead atoms. The summed E-state index contributed by atoms with van der Waals surface area (Å²) in [6.07, 6.45) is 7.80. The third-order valence-electron chi connectivity index (χ3n) is 6.46. The zero-order chi connectivity index (χ0) is 21.1. The van der Waals surface area contributed by atoms with Crippen LogP contribution in [0.15, 0.2) is 24.3 Å². The van der Waals surface area contributed by atoms with Crippen LogP contribution in [0.5, 0.6) is 0 Å². The van der Waals surface area contributed by atoms with E-state index in [1.807, 2.05) is 18.2 Å². The average molecular weight is 409 g/mol. The molecular weight excluding hydrogens is 376 g/mol. The first kappa shape index (κ1) is 20.6. The molecule has 1 aromatic carbocycles. The van der Waals surface area contributed by atoms with Gasteiger partial charge in [0.05, 0.1) is 5.52 Å². The van der Waals surface area contributed by atoms with Gasteiger partial charge in [-0.05, 0) is 62.4 Å². The highest BCUT2D eigenvalue weighted by molar-refractivity contribution is 5.93. The molecule has 2 aliphatic rings. The molecule has 2 N–H and O–H groups in total. The summed E-state index contributed by atoms with van der Waals surface area (Å²) in [4.78, 5) is 31.1. The summed E-state index contributed by atoms with van der Waals surface area (Å²) in [7, 11) is 0. The molecule has 2 aromatic rings. The number of rotatable bonds is 4. The van der Waals surface area contributed by atoms with E-state index in [9.17, 15) is 9.59 Å². The molecule has 2 amide bonds. The molecule has 160 valence electrons. The number of benzene rings is 1. The minimum Gasteiger partial charge on any atom is -0.357 e. The van der Waals surface area contributed by atoms with Crippen LogP contribution in [0.2, 0.25) is 0 Å². The van der Waals surface area contributed by atoms with Gasteiger partial charge in [0.25, 0.3) is 0 Å². The number of carbonyl (C=O) groups is 2. The summed E-state index contributed by atoms with van der Waals surface area (Å²) in [5.74, 6) is 1.25. The highest BCUT2D eigenvalue weighted by Gasteiger charge is 2.27. The third-order valence-corrected chi connectivity index (χ3v) is 6.46. The van der Waals surface area contributed by atoms with Gasteiger partial charge in [-0.2, -0.15) is 0 Å². The van der Waals surface area contributed by atoms with Crippen molar-refractivity contribution in [3.05, 3.63) is 29.8 Å². The summed E-state index contributed by atoms with van der Waals surface area (Å²) in [6.45, 7) is 5.29. The first-order chi connectivity index (χ1) is 14.5. The Morgan fingerprint density at radius 3 is 2.47 bits per heavy atom. The topological polar surface area (TPSA) is 74.3 Å². The number of aryl methyl sites for hydroxylation is 1. The van der Waals surface area contributed by atoms with Gasteiger partial charge in [0.15, 0.2) is 0 Å². The minimum absolute atomic E-state index is 0.0769. The number of fused-ring (bicyclic) bond motifs is 1. The summed E-state index contributed by atoms with van der Waals surface area (Å²) < 4.78 is 0. The van der Waals surface area contributed by atoms with Crippen molar-refractivity contribution in [2.45, 2.75) is 64.8 Å². The maximum absolute atomic E-state index is 12.7. The molecule has 4 rings (SSSR count). The van der Waals surface area contributed by atoms with Crippen LogP contribution in [0.25, 0.3) is 10.9 Å². The molecule has 30 heavy (non-hydrogen) atoms. The number of carbonyl (C=O) groups excluding carboxylic acids is 2. The molecule has 1 aromatic heterocycles. The molecule has 2 fully saturated rings. The Balaban J connectivity index is 1.40. The molecule has 0 atom stereocenters. The van der Waals surface area contributed by atoms with Crippen LogP contribution in [-0.4, -0.2) is 35.9 Å². The standard InChI is InChI=1S/C24H32N4O2/c1-16-14-23(27-22-9-8-20(15-21(16)22)25-17(2)29)28-12-10-18(11-13-28)24(30)26-19-6-4-3-5-7-19/h8-9,14-15,18-19H,3-7,10-13H2,1-2H3,(H,25,29)(H,26,30). The molecule has 0 spiro atoms. The molecule has 1 aliphatic heterocycles. The summed E-state index contributed by atoms with van der Waals surface area (Å²) in [5.41, 5.74) is 2.85. The SMILES string of the molecule is CC(=O)Nc1ccc2nc(N3CCC(C(=O)NC4CCCCC4)CC3)cc(C)c2c1. The van der Waals surface area contributed by atoms with Gasteiger partial charge >= 0.3 is 0 Å². The van der Waals surface area contributed by atoms with Crippen molar-refractivity contribution in [3.63, 3.8) is 0 Å². The second-order valence-electron chi connectivity index (χ2n) is 8.82. The number of anilines is 2. The van der Waals surface area contributed by atoms with Crippen LogP contribution in [0, 0.1) is 12.8 Å². The van der Waals surface area contributed by atoms with E-state index >= 15 is 0 Å². The van der Waals surface area contributed by atoms with Gasteiger partial charge in [-0.1, -0.05) is 19.3 Å². The van der Waals surface area contributed by atoms with Crippen LogP contribution in [-0.2, 0) is 9.59 Å². The molecule has 1 saturated carbocycles. The molecule has 1 aliphatic carbocycles.